The van der Waals surface area contributed by atoms with Crippen LogP contribution in [-0.2, 0) is 0 Å². The number of amidine groups is 1. The summed E-state index contributed by atoms with van der Waals surface area (Å²) in [6, 6.07) is 5.56. The van der Waals surface area contributed by atoms with Gasteiger partial charge < -0.3 is 0 Å². The molecule has 0 saturated carbocycles. The SMILES string of the molecule is C/C=C\C=NC(C)=N/C=C(\C)C#Cc1cc(C(C)=O)ccc1C. The third-order valence-electron chi connectivity index (χ3n) is 3.02. The van der Waals surface area contributed by atoms with Gasteiger partial charge in [0.05, 0.1) is 0 Å². The lowest BCUT2D eigenvalue weighted by Crippen LogP contribution is -1.94. The number of allylic oxidation sites excluding steroid dienone is 3. The zero-order valence-electron chi connectivity index (χ0n) is 14.3. The van der Waals surface area contributed by atoms with Gasteiger partial charge in [0.25, 0.3) is 0 Å². The van der Waals surface area contributed by atoms with Gasteiger partial charge in [0.2, 0.25) is 0 Å². The van der Waals surface area contributed by atoms with Crippen molar-refractivity contribution in [1.29, 1.82) is 0 Å². The topological polar surface area (TPSA) is 41.8 Å². The molecule has 23 heavy (non-hydrogen) atoms. The van der Waals surface area contributed by atoms with Crippen LogP contribution in [0.25, 0.3) is 0 Å². The Bertz CT molecular complexity index is 754. The van der Waals surface area contributed by atoms with E-state index >= 15 is 0 Å². The summed E-state index contributed by atoms with van der Waals surface area (Å²) in [5, 5.41) is 0. The number of aliphatic imine (C=N–C) groups is 2. The molecule has 1 aromatic rings. The number of ketones is 1. The van der Waals surface area contributed by atoms with Crippen molar-refractivity contribution in [3.05, 3.63) is 58.8 Å². The molecule has 0 aromatic heterocycles. The molecule has 1 aromatic carbocycles. The van der Waals surface area contributed by atoms with Gasteiger partial charge in [-0.1, -0.05) is 30.0 Å². The summed E-state index contributed by atoms with van der Waals surface area (Å²) in [5.41, 5.74) is 3.41. The van der Waals surface area contributed by atoms with Crippen molar-refractivity contribution in [2.75, 3.05) is 0 Å². The van der Waals surface area contributed by atoms with Gasteiger partial charge in [-0.3, -0.25) is 4.79 Å². The van der Waals surface area contributed by atoms with Crippen LogP contribution < -0.4 is 0 Å². The predicted octanol–water partition coefficient (Wildman–Crippen LogP) is 4.52. The van der Waals surface area contributed by atoms with Crippen LogP contribution in [0, 0.1) is 18.8 Å². The lowest BCUT2D eigenvalue weighted by Gasteiger charge is -2.00. The molecule has 0 saturated heterocycles. The first-order valence-corrected chi connectivity index (χ1v) is 7.44. The van der Waals surface area contributed by atoms with Crippen molar-refractivity contribution in [2.45, 2.75) is 34.6 Å². The number of hydrogen-bond acceptors (Lipinski definition) is 2. The van der Waals surface area contributed by atoms with Crippen molar-refractivity contribution in [2.24, 2.45) is 9.98 Å². The van der Waals surface area contributed by atoms with E-state index in [4.69, 9.17) is 0 Å². The fraction of sp³-hybridized carbons (Fsp3) is 0.250. The summed E-state index contributed by atoms with van der Waals surface area (Å²) >= 11 is 0. The average molecular weight is 306 g/mol. The Morgan fingerprint density at radius 3 is 2.61 bits per heavy atom. The Kier molecular flexibility index (Phi) is 7.42. The van der Waals surface area contributed by atoms with Gasteiger partial charge >= 0.3 is 0 Å². The van der Waals surface area contributed by atoms with Crippen LogP contribution in [0.5, 0.6) is 0 Å². The molecule has 0 amide bonds. The van der Waals surface area contributed by atoms with Crippen LogP contribution >= 0.6 is 0 Å². The smallest absolute Gasteiger partial charge is 0.159 e. The van der Waals surface area contributed by atoms with E-state index in [0.29, 0.717) is 11.4 Å². The molecule has 0 atom stereocenters. The van der Waals surface area contributed by atoms with E-state index in [1.165, 1.54) is 0 Å². The van der Waals surface area contributed by atoms with Crippen LogP contribution in [0.2, 0.25) is 0 Å². The van der Waals surface area contributed by atoms with Crippen molar-refractivity contribution in [3.8, 4) is 11.8 Å². The molecule has 0 aliphatic heterocycles. The van der Waals surface area contributed by atoms with Crippen LogP contribution in [0.15, 0.2) is 52.1 Å². The first-order chi connectivity index (χ1) is 10.9. The molecule has 1 rings (SSSR count). The first kappa shape index (κ1) is 18.3. The van der Waals surface area contributed by atoms with Gasteiger partial charge in [0, 0.05) is 29.1 Å². The van der Waals surface area contributed by atoms with Crippen molar-refractivity contribution < 1.29 is 4.79 Å². The molecule has 0 aliphatic rings. The zero-order valence-corrected chi connectivity index (χ0v) is 14.3. The maximum absolute atomic E-state index is 11.4. The van der Waals surface area contributed by atoms with E-state index in [1.807, 2.05) is 58.0 Å². The second kappa shape index (κ2) is 9.32. The highest BCUT2D eigenvalue weighted by atomic mass is 16.1. The van der Waals surface area contributed by atoms with Crippen LogP contribution in [0.3, 0.4) is 0 Å². The lowest BCUT2D eigenvalue weighted by atomic mass is 10.0. The van der Waals surface area contributed by atoms with Gasteiger partial charge in [-0.2, -0.15) is 0 Å². The third-order valence-corrected chi connectivity index (χ3v) is 3.02. The number of aryl methyl sites for hydroxylation is 1. The summed E-state index contributed by atoms with van der Waals surface area (Å²) in [4.78, 5) is 19.8. The highest BCUT2D eigenvalue weighted by Crippen LogP contribution is 2.11. The second-order valence-corrected chi connectivity index (χ2v) is 5.13. The van der Waals surface area contributed by atoms with Gasteiger partial charge in [0.1, 0.15) is 5.84 Å². The van der Waals surface area contributed by atoms with Gasteiger partial charge in [-0.25, -0.2) is 9.98 Å². The Hall–Kier alpha value is -2.73. The Morgan fingerprint density at radius 1 is 1.22 bits per heavy atom. The molecule has 0 unspecified atom stereocenters. The van der Waals surface area contributed by atoms with Crippen LogP contribution in [0.1, 0.15) is 49.2 Å². The van der Waals surface area contributed by atoms with Crippen LogP contribution in [0.4, 0.5) is 0 Å². The first-order valence-electron chi connectivity index (χ1n) is 7.44. The van der Waals surface area contributed by atoms with Gasteiger partial charge in [-0.05, 0) is 52.3 Å². The summed E-state index contributed by atoms with van der Waals surface area (Å²) in [6.07, 6.45) is 7.14. The molecule has 0 radical (unpaired) electrons. The minimum Gasteiger partial charge on any atom is -0.295 e. The molecule has 0 spiro atoms. The van der Waals surface area contributed by atoms with Crippen molar-refractivity contribution >= 4 is 17.8 Å². The summed E-state index contributed by atoms with van der Waals surface area (Å²) < 4.78 is 0. The normalized spacial score (nSPS) is 12.6. The second-order valence-electron chi connectivity index (χ2n) is 5.13. The van der Waals surface area contributed by atoms with Crippen molar-refractivity contribution in [1.82, 2.24) is 0 Å². The molecule has 3 heteroatoms. The lowest BCUT2D eigenvalue weighted by molar-refractivity contribution is 0.101. The van der Waals surface area contributed by atoms with Crippen molar-refractivity contribution in [3.63, 3.8) is 0 Å². The van der Waals surface area contributed by atoms with Gasteiger partial charge in [-0.15, -0.1) is 0 Å². The summed E-state index contributed by atoms with van der Waals surface area (Å²) in [6.45, 7) is 9.19. The molecule has 0 N–H and O–H groups in total. The minimum atomic E-state index is 0.0412. The number of carbonyl (C=O) groups is 1. The van der Waals surface area contributed by atoms with E-state index in [-0.39, 0.29) is 5.78 Å². The Labute approximate surface area is 138 Å². The summed E-state index contributed by atoms with van der Waals surface area (Å²) in [5.74, 6) is 6.86. The number of benzene rings is 1. The number of Topliss-reactive ketones (excluding diaryl/α,β-unsaturated/α-hetero) is 1. The number of nitrogens with zero attached hydrogens (tertiary/aromatic N) is 2. The Balaban J connectivity index is 2.94. The minimum absolute atomic E-state index is 0.0412. The van der Waals surface area contributed by atoms with E-state index in [2.05, 4.69) is 21.8 Å². The molecule has 0 fully saturated rings. The largest absolute Gasteiger partial charge is 0.295 e. The molecule has 0 aliphatic carbocycles. The molecule has 0 bridgehead atoms. The summed E-state index contributed by atoms with van der Waals surface area (Å²) in [7, 11) is 0. The molecular formula is C20H22N2O. The predicted molar refractivity (Wildman–Crippen MR) is 98.2 cm³/mol. The van der Waals surface area contributed by atoms with E-state index in [1.54, 1.807) is 19.3 Å². The molecule has 3 nitrogen and oxygen atoms in total. The highest BCUT2D eigenvalue weighted by Gasteiger charge is 2.01. The maximum atomic E-state index is 11.4. The monoisotopic (exact) mass is 306 g/mol. The number of rotatable bonds is 3. The molecule has 0 heterocycles. The van der Waals surface area contributed by atoms with Gasteiger partial charge in [0.15, 0.2) is 5.78 Å². The average Bonchev–Trinajstić information content (AvgIpc) is 2.52. The molecule has 118 valence electrons. The standard InChI is InChI=1S/C20H22N2O/c1-6-7-12-21-18(5)22-14-15(2)8-10-19-13-20(17(4)23)11-9-16(19)3/h6-7,9,11-14H,1-5H3/b7-6-,15-14+,21-12?,22-18?. The highest BCUT2D eigenvalue weighted by molar-refractivity contribution is 5.94. The quantitative estimate of drug-likeness (QED) is 0.350. The number of hydrogen-bond donors (Lipinski definition) is 0. The third kappa shape index (κ3) is 6.71. The fourth-order valence-corrected chi connectivity index (χ4v) is 1.63. The van der Waals surface area contributed by atoms with E-state index < -0.39 is 0 Å². The van der Waals surface area contributed by atoms with E-state index in [0.717, 1.165) is 16.7 Å². The molecular weight excluding hydrogens is 284 g/mol. The van der Waals surface area contributed by atoms with E-state index in [9.17, 15) is 4.79 Å². The maximum Gasteiger partial charge on any atom is 0.159 e. The zero-order chi connectivity index (χ0) is 17.2. The fourth-order valence-electron chi connectivity index (χ4n) is 1.63. The number of carbonyl (C=O) groups excluding carboxylic acids is 1. The van der Waals surface area contributed by atoms with Crippen LogP contribution in [-0.4, -0.2) is 17.8 Å². The Morgan fingerprint density at radius 2 is 1.96 bits per heavy atom.